The van der Waals surface area contributed by atoms with Crippen molar-refractivity contribution in [1.29, 1.82) is 0 Å². The van der Waals surface area contributed by atoms with Crippen molar-refractivity contribution in [3.05, 3.63) is 53.0 Å². The molecule has 0 spiro atoms. The van der Waals surface area contributed by atoms with Gasteiger partial charge in [-0.25, -0.2) is 4.98 Å². The molecule has 2 amide bonds. The highest BCUT2D eigenvalue weighted by atomic mass is 32.2. The average molecular weight is 386 g/mol. The maximum atomic E-state index is 12.7. The molecule has 0 unspecified atom stereocenters. The van der Waals surface area contributed by atoms with E-state index >= 15 is 0 Å². The van der Waals surface area contributed by atoms with Crippen LogP contribution in [0.1, 0.15) is 27.3 Å². The number of thioether (sulfide) groups is 1. The van der Waals surface area contributed by atoms with Crippen LogP contribution in [-0.2, 0) is 24.3 Å². The number of methoxy groups -OCH3 is 1. The molecule has 0 fully saturated rings. The van der Waals surface area contributed by atoms with Crippen LogP contribution in [0.5, 0.6) is 5.88 Å². The molecule has 0 atom stereocenters. The lowest BCUT2D eigenvalue weighted by molar-refractivity contribution is -0.118. The second-order valence-corrected chi connectivity index (χ2v) is 7.02. The fourth-order valence-electron chi connectivity index (χ4n) is 2.96. The standard InChI is InChI=1S/C19H22N4O3S/c1-26-18-13(10-21-17(24)12-27-2)9-15-16(22-18)11-23(19(15)25)8-6-14-5-3-4-7-20-14/h3-5,7,9H,6,8,10-12H2,1-2H3,(H,21,24). The van der Waals surface area contributed by atoms with E-state index in [1.165, 1.54) is 18.9 Å². The summed E-state index contributed by atoms with van der Waals surface area (Å²) in [5, 5.41) is 2.83. The Hall–Kier alpha value is -2.61. The number of fused-ring (bicyclic) bond motifs is 1. The van der Waals surface area contributed by atoms with E-state index in [9.17, 15) is 9.59 Å². The Morgan fingerprint density at radius 3 is 2.96 bits per heavy atom. The molecular formula is C19H22N4O3S. The van der Waals surface area contributed by atoms with Crippen LogP contribution in [0, 0.1) is 0 Å². The fraction of sp³-hybridized carbons (Fsp3) is 0.368. The Bertz CT molecular complexity index is 829. The molecule has 8 heteroatoms. The molecule has 0 bridgehead atoms. The zero-order valence-corrected chi connectivity index (χ0v) is 16.2. The first kappa shape index (κ1) is 19.2. The zero-order chi connectivity index (χ0) is 19.2. The predicted molar refractivity (Wildman–Crippen MR) is 104 cm³/mol. The summed E-state index contributed by atoms with van der Waals surface area (Å²) in [5.74, 6) is 0.722. The minimum atomic E-state index is -0.0617. The Labute approximate surface area is 162 Å². The summed E-state index contributed by atoms with van der Waals surface area (Å²) in [7, 11) is 1.54. The van der Waals surface area contributed by atoms with Gasteiger partial charge in [0.1, 0.15) is 0 Å². The van der Waals surface area contributed by atoms with Gasteiger partial charge in [-0.2, -0.15) is 11.8 Å². The van der Waals surface area contributed by atoms with E-state index in [1.807, 2.05) is 24.5 Å². The molecule has 3 rings (SSSR count). The summed E-state index contributed by atoms with van der Waals surface area (Å²) in [6.45, 7) is 1.31. The lowest BCUT2D eigenvalue weighted by Crippen LogP contribution is -2.26. The lowest BCUT2D eigenvalue weighted by atomic mass is 10.1. The van der Waals surface area contributed by atoms with Gasteiger partial charge < -0.3 is 15.0 Å². The second-order valence-electron chi connectivity index (χ2n) is 6.16. The molecule has 0 saturated heterocycles. The number of nitrogens with zero attached hydrogens (tertiary/aromatic N) is 3. The van der Waals surface area contributed by atoms with Gasteiger partial charge in [0.15, 0.2) is 0 Å². The van der Waals surface area contributed by atoms with Gasteiger partial charge in [0.05, 0.1) is 30.7 Å². The molecule has 1 aliphatic rings. The molecule has 0 aliphatic carbocycles. The summed E-state index contributed by atoms with van der Waals surface area (Å²) < 4.78 is 5.36. The molecule has 27 heavy (non-hydrogen) atoms. The zero-order valence-electron chi connectivity index (χ0n) is 15.4. The highest BCUT2D eigenvalue weighted by molar-refractivity contribution is 7.99. The number of nitrogens with one attached hydrogen (secondary N) is 1. The van der Waals surface area contributed by atoms with Gasteiger partial charge >= 0.3 is 0 Å². The number of carbonyl (C=O) groups is 2. The number of pyridine rings is 2. The molecule has 2 aromatic rings. The van der Waals surface area contributed by atoms with Crippen molar-refractivity contribution in [2.45, 2.75) is 19.5 Å². The molecule has 1 aliphatic heterocycles. The normalized spacial score (nSPS) is 12.8. The molecule has 0 radical (unpaired) electrons. The van der Waals surface area contributed by atoms with Crippen LogP contribution >= 0.6 is 11.8 Å². The van der Waals surface area contributed by atoms with Crippen LogP contribution in [-0.4, -0.2) is 52.3 Å². The van der Waals surface area contributed by atoms with Gasteiger partial charge in [-0.15, -0.1) is 0 Å². The largest absolute Gasteiger partial charge is 0.481 e. The Morgan fingerprint density at radius 1 is 1.41 bits per heavy atom. The van der Waals surface area contributed by atoms with Gasteiger partial charge in [0.2, 0.25) is 11.8 Å². The molecule has 7 nitrogen and oxygen atoms in total. The van der Waals surface area contributed by atoms with Crippen LogP contribution in [0.4, 0.5) is 0 Å². The van der Waals surface area contributed by atoms with Crippen molar-refractivity contribution in [1.82, 2.24) is 20.2 Å². The summed E-state index contributed by atoms with van der Waals surface area (Å²) in [4.78, 5) is 35.0. The molecule has 1 N–H and O–H groups in total. The van der Waals surface area contributed by atoms with Crippen molar-refractivity contribution >= 4 is 23.6 Å². The van der Waals surface area contributed by atoms with Crippen molar-refractivity contribution in [3.8, 4) is 5.88 Å². The van der Waals surface area contributed by atoms with Crippen molar-refractivity contribution in [2.75, 3.05) is 25.7 Å². The first-order valence-electron chi connectivity index (χ1n) is 8.64. The van der Waals surface area contributed by atoms with Crippen LogP contribution in [0.2, 0.25) is 0 Å². The van der Waals surface area contributed by atoms with Gasteiger partial charge in [-0.05, 0) is 24.5 Å². The van der Waals surface area contributed by atoms with E-state index in [0.29, 0.717) is 48.0 Å². The summed E-state index contributed by atoms with van der Waals surface area (Å²) in [6, 6.07) is 7.54. The second kappa shape index (κ2) is 8.85. The third-order valence-corrected chi connectivity index (χ3v) is 4.86. The Kier molecular flexibility index (Phi) is 6.28. The highest BCUT2D eigenvalue weighted by Crippen LogP contribution is 2.27. The first-order valence-corrected chi connectivity index (χ1v) is 10.0. The smallest absolute Gasteiger partial charge is 0.256 e. The quantitative estimate of drug-likeness (QED) is 0.743. The number of aromatic nitrogens is 2. The monoisotopic (exact) mass is 386 g/mol. The van der Waals surface area contributed by atoms with E-state index in [4.69, 9.17) is 4.74 Å². The number of carbonyl (C=O) groups excluding carboxylic acids is 2. The van der Waals surface area contributed by atoms with Gasteiger partial charge in [0, 0.05) is 37.0 Å². The number of amides is 2. The number of hydrogen-bond acceptors (Lipinski definition) is 6. The van der Waals surface area contributed by atoms with E-state index in [-0.39, 0.29) is 18.4 Å². The van der Waals surface area contributed by atoms with E-state index in [0.717, 1.165) is 5.69 Å². The van der Waals surface area contributed by atoms with E-state index in [2.05, 4.69) is 15.3 Å². The van der Waals surface area contributed by atoms with Gasteiger partial charge in [0.25, 0.3) is 5.91 Å². The van der Waals surface area contributed by atoms with Crippen LogP contribution in [0.15, 0.2) is 30.5 Å². The number of rotatable bonds is 8. The summed E-state index contributed by atoms with van der Waals surface area (Å²) in [6.07, 6.45) is 4.31. The van der Waals surface area contributed by atoms with Crippen LogP contribution in [0.25, 0.3) is 0 Å². The lowest BCUT2D eigenvalue weighted by Gasteiger charge is -2.14. The molecule has 0 aromatic carbocycles. The molecule has 3 heterocycles. The summed E-state index contributed by atoms with van der Waals surface area (Å²) in [5.41, 5.74) is 2.93. The van der Waals surface area contributed by atoms with Crippen LogP contribution in [0.3, 0.4) is 0 Å². The van der Waals surface area contributed by atoms with Crippen molar-refractivity contribution in [2.24, 2.45) is 0 Å². The van der Waals surface area contributed by atoms with Crippen molar-refractivity contribution < 1.29 is 14.3 Å². The highest BCUT2D eigenvalue weighted by Gasteiger charge is 2.30. The minimum Gasteiger partial charge on any atom is -0.481 e. The topological polar surface area (TPSA) is 84.4 Å². The molecular weight excluding hydrogens is 364 g/mol. The van der Waals surface area contributed by atoms with Crippen molar-refractivity contribution in [3.63, 3.8) is 0 Å². The molecule has 142 valence electrons. The molecule has 2 aromatic heterocycles. The van der Waals surface area contributed by atoms with E-state index in [1.54, 1.807) is 17.2 Å². The van der Waals surface area contributed by atoms with Gasteiger partial charge in [-0.3, -0.25) is 14.6 Å². The minimum absolute atomic E-state index is 0.0484. The number of ether oxygens (including phenoxy) is 1. The van der Waals surface area contributed by atoms with Gasteiger partial charge in [-0.1, -0.05) is 6.07 Å². The van der Waals surface area contributed by atoms with Crippen LogP contribution < -0.4 is 10.1 Å². The predicted octanol–water partition coefficient (Wildman–Crippen LogP) is 1.66. The first-order chi connectivity index (χ1) is 13.1. The molecule has 0 saturated carbocycles. The number of hydrogen-bond donors (Lipinski definition) is 1. The maximum Gasteiger partial charge on any atom is 0.256 e. The third-order valence-electron chi connectivity index (χ3n) is 4.31. The van der Waals surface area contributed by atoms with E-state index < -0.39 is 0 Å². The third kappa shape index (κ3) is 4.57. The Balaban J connectivity index is 1.70. The summed E-state index contributed by atoms with van der Waals surface area (Å²) >= 11 is 1.45. The average Bonchev–Trinajstić information content (AvgIpc) is 3.00. The Morgan fingerprint density at radius 2 is 2.26 bits per heavy atom. The maximum absolute atomic E-state index is 12.7. The fourth-order valence-corrected chi connectivity index (χ4v) is 3.32. The SMILES string of the molecule is COc1nc2c(cc1CNC(=O)CSC)C(=O)N(CCc1ccccn1)C2.